The Balaban J connectivity index is 1.49. The van der Waals surface area contributed by atoms with Gasteiger partial charge in [-0.25, -0.2) is 0 Å². The zero-order valence-electron chi connectivity index (χ0n) is 19.1. The lowest BCUT2D eigenvalue weighted by Crippen LogP contribution is -2.45. The summed E-state index contributed by atoms with van der Waals surface area (Å²) in [5.41, 5.74) is 4.98. The lowest BCUT2D eigenvalue weighted by molar-refractivity contribution is -0.126. The van der Waals surface area contributed by atoms with Gasteiger partial charge in [0.25, 0.3) is 0 Å². The Morgan fingerprint density at radius 3 is 2.34 bits per heavy atom. The van der Waals surface area contributed by atoms with Crippen molar-refractivity contribution in [1.29, 1.82) is 0 Å². The molecule has 1 saturated heterocycles. The average Bonchev–Trinajstić information content (AvgIpc) is 2.85. The Kier molecular flexibility index (Phi) is 7.39. The number of carbonyl (C=O) groups is 1. The third-order valence-electron chi connectivity index (χ3n) is 6.77. The quantitative estimate of drug-likeness (QED) is 0.516. The van der Waals surface area contributed by atoms with Gasteiger partial charge in [-0.15, -0.1) is 0 Å². The number of piperidine rings is 1. The van der Waals surface area contributed by atoms with Crippen LogP contribution in [0.15, 0.2) is 84.9 Å². The topological polar surface area (TPSA) is 41.1 Å². The van der Waals surface area contributed by atoms with E-state index in [1.165, 1.54) is 22.3 Å². The SMILES string of the molecule is CC(C)C(CNC(=O)[C@H]1CNCC[C@@H]1c1cccc(-c2ccccc2)c1)c1ccccc1. The largest absolute Gasteiger partial charge is 0.355 e. The molecule has 1 fully saturated rings. The molecule has 4 rings (SSSR count). The van der Waals surface area contributed by atoms with Crippen molar-refractivity contribution < 1.29 is 4.79 Å². The second kappa shape index (κ2) is 10.6. The van der Waals surface area contributed by atoms with Crippen molar-refractivity contribution in [1.82, 2.24) is 10.6 Å². The van der Waals surface area contributed by atoms with E-state index in [9.17, 15) is 4.79 Å². The van der Waals surface area contributed by atoms with Gasteiger partial charge in [0, 0.05) is 19.0 Å². The molecule has 166 valence electrons. The molecular weight excluding hydrogens is 392 g/mol. The third kappa shape index (κ3) is 5.28. The highest BCUT2D eigenvalue weighted by Gasteiger charge is 2.32. The molecule has 2 N–H and O–H groups in total. The molecular formula is C29H34N2O. The summed E-state index contributed by atoms with van der Waals surface area (Å²) in [5.74, 6) is 1.11. The van der Waals surface area contributed by atoms with Crippen LogP contribution in [0.1, 0.15) is 43.2 Å². The second-order valence-corrected chi connectivity index (χ2v) is 9.20. The third-order valence-corrected chi connectivity index (χ3v) is 6.77. The van der Waals surface area contributed by atoms with Crippen LogP contribution in [0, 0.1) is 11.8 Å². The number of nitrogens with one attached hydrogen (secondary N) is 2. The fourth-order valence-corrected chi connectivity index (χ4v) is 4.89. The Hall–Kier alpha value is -2.91. The first kappa shape index (κ1) is 22.3. The number of carbonyl (C=O) groups excluding carboxylic acids is 1. The molecule has 1 aliphatic rings. The van der Waals surface area contributed by atoms with E-state index in [2.05, 4.69) is 97.3 Å². The number of hydrogen-bond acceptors (Lipinski definition) is 2. The maximum atomic E-state index is 13.3. The van der Waals surface area contributed by atoms with Gasteiger partial charge in [-0.2, -0.15) is 0 Å². The molecule has 0 spiro atoms. The van der Waals surface area contributed by atoms with Gasteiger partial charge >= 0.3 is 0 Å². The zero-order valence-corrected chi connectivity index (χ0v) is 19.1. The van der Waals surface area contributed by atoms with Crippen molar-refractivity contribution in [3.63, 3.8) is 0 Å². The molecule has 1 unspecified atom stereocenters. The second-order valence-electron chi connectivity index (χ2n) is 9.20. The van der Waals surface area contributed by atoms with Gasteiger partial charge in [-0.3, -0.25) is 4.79 Å². The smallest absolute Gasteiger partial charge is 0.225 e. The van der Waals surface area contributed by atoms with E-state index in [1.807, 2.05) is 12.1 Å². The molecule has 0 saturated carbocycles. The maximum Gasteiger partial charge on any atom is 0.225 e. The van der Waals surface area contributed by atoms with Crippen LogP contribution < -0.4 is 10.6 Å². The minimum Gasteiger partial charge on any atom is -0.355 e. The van der Waals surface area contributed by atoms with Crippen molar-refractivity contribution in [3.05, 3.63) is 96.1 Å². The fraction of sp³-hybridized carbons (Fsp3) is 0.345. The summed E-state index contributed by atoms with van der Waals surface area (Å²) >= 11 is 0. The van der Waals surface area contributed by atoms with Crippen LogP contribution in [-0.2, 0) is 4.79 Å². The molecule has 3 atom stereocenters. The first-order valence-electron chi connectivity index (χ1n) is 11.8. The zero-order chi connectivity index (χ0) is 22.3. The van der Waals surface area contributed by atoms with Crippen LogP contribution >= 0.6 is 0 Å². The van der Waals surface area contributed by atoms with E-state index < -0.39 is 0 Å². The molecule has 3 aromatic carbocycles. The van der Waals surface area contributed by atoms with Crippen molar-refractivity contribution in [2.45, 2.75) is 32.1 Å². The Morgan fingerprint density at radius 2 is 1.62 bits per heavy atom. The van der Waals surface area contributed by atoms with E-state index >= 15 is 0 Å². The van der Waals surface area contributed by atoms with E-state index in [0.717, 1.165) is 19.5 Å². The van der Waals surface area contributed by atoms with Crippen molar-refractivity contribution in [2.75, 3.05) is 19.6 Å². The van der Waals surface area contributed by atoms with Crippen molar-refractivity contribution in [2.24, 2.45) is 11.8 Å². The van der Waals surface area contributed by atoms with Crippen molar-refractivity contribution in [3.8, 4) is 11.1 Å². The number of rotatable bonds is 7. The maximum absolute atomic E-state index is 13.3. The molecule has 0 aromatic heterocycles. The van der Waals surface area contributed by atoms with Gasteiger partial charge in [0.2, 0.25) is 5.91 Å². The average molecular weight is 427 g/mol. The van der Waals surface area contributed by atoms with Gasteiger partial charge in [0.1, 0.15) is 0 Å². The summed E-state index contributed by atoms with van der Waals surface area (Å²) in [7, 11) is 0. The number of hydrogen-bond donors (Lipinski definition) is 2. The van der Waals surface area contributed by atoms with Gasteiger partial charge in [0.05, 0.1) is 5.92 Å². The van der Waals surface area contributed by atoms with Gasteiger partial charge in [-0.1, -0.05) is 98.8 Å². The van der Waals surface area contributed by atoms with E-state index in [4.69, 9.17) is 0 Å². The summed E-state index contributed by atoms with van der Waals surface area (Å²) in [6, 6.07) is 29.7. The highest BCUT2D eigenvalue weighted by atomic mass is 16.1. The molecule has 0 bridgehead atoms. The monoisotopic (exact) mass is 426 g/mol. The van der Waals surface area contributed by atoms with Gasteiger partial charge in [-0.05, 0) is 47.1 Å². The number of amides is 1. The predicted octanol–water partition coefficient (Wildman–Crippen LogP) is 5.60. The van der Waals surface area contributed by atoms with Crippen LogP contribution in [0.25, 0.3) is 11.1 Å². The van der Waals surface area contributed by atoms with Gasteiger partial charge < -0.3 is 10.6 Å². The lowest BCUT2D eigenvalue weighted by atomic mass is 9.79. The van der Waals surface area contributed by atoms with E-state index in [-0.39, 0.29) is 17.7 Å². The Bertz CT molecular complexity index is 1000. The summed E-state index contributed by atoms with van der Waals surface area (Å²) < 4.78 is 0. The molecule has 3 nitrogen and oxygen atoms in total. The van der Waals surface area contributed by atoms with Crippen LogP contribution in [-0.4, -0.2) is 25.5 Å². The normalized spacial score (nSPS) is 19.5. The highest BCUT2D eigenvalue weighted by Crippen LogP contribution is 2.33. The summed E-state index contributed by atoms with van der Waals surface area (Å²) in [6.07, 6.45) is 0.975. The van der Waals surface area contributed by atoms with E-state index in [1.54, 1.807) is 0 Å². The lowest BCUT2D eigenvalue weighted by Gasteiger charge is -2.32. The standard InChI is InChI=1S/C29H34N2O/c1-21(2)27(23-12-7-4-8-13-23)20-31-29(32)28-19-30-17-16-26(28)25-15-9-14-24(18-25)22-10-5-3-6-11-22/h3-15,18,21,26-28,30H,16-17,19-20H2,1-2H3,(H,31,32)/t26-,27?,28+/m1/s1. The van der Waals surface area contributed by atoms with E-state index in [0.29, 0.717) is 18.4 Å². The molecule has 1 heterocycles. The predicted molar refractivity (Wildman–Crippen MR) is 133 cm³/mol. The summed E-state index contributed by atoms with van der Waals surface area (Å²) in [5, 5.41) is 6.74. The molecule has 0 radical (unpaired) electrons. The Labute approximate surface area is 192 Å². The summed E-state index contributed by atoms with van der Waals surface area (Å²) in [6.45, 7) is 6.80. The first-order chi connectivity index (χ1) is 15.6. The van der Waals surface area contributed by atoms with Crippen LogP contribution in [0.5, 0.6) is 0 Å². The van der Waals surface area contributed by atoms with Crippen LogP contribution in [0.2, 0.25) is 0 Å². The number of benzene rings is 3. The Morgan fingerprint density at radius 1 is 0.938 bits per heavy atom. The minimum atomic E-state index is -0.0571. The van der Waals surface area contributed by atoms with Crippen LogP contribution in [0.3, 0.4) is 0 Å². The summed E-state index contributed by atoms with van der Waals surface area (Å²) in [4.78, 5) is 13.3. The molecule has 3 heteroatoms. The van der Waals surface area contributed by atoms with Crippen molar-refractivity contribution >= 4 is 5.91 Å². The molecule has 1 amide bonds. The van der Waals surface area contributed by atoms with Crippen LogP contribution in [0.4, 0.5) is 0 Å². The molecule has 1 aliphatic heterocycles. The van der Waals surface area contributed by atoms with Gasteiger partial charge in [0.15, 0.2) is 0 Å². The molecule has 32 heavy (non-hydrogen) atoms. The molecule has 3 aromatic rings. The molecule has 0 aliphatic carbocycles. The fourth-order valence-electron chi connectivity index (χ4n) is 4.89. The minimum absolute atomic E-state index is 0.0571. The first-order valence-corrected chi connectivity index (χ1v) is 11.8. The highest BCUT2D eigenvalue weighted by molar-refractivity contribution is 5.80.